The lowest BCUT2D eigenvalue weighted by Gasteiger charge is -2.19. The van der Waals surface area contributed by atoms with Gasteiger partial charge in [-0.15, -0.1) is 11.3 Å². The summed E-state index contributed by atoms with van der Waals surface area (Å²) < 4.78 is 10.7. The van der Waals surface area contributed by atoms with Crippen molar-refractivity contribution in [3.8, 4) is 0 Å². The number of methoxy groups -OCH3 is 1. The van der Waals surface area contributed by atoms with Gasteiger partial charge in [-0.05, 0) is 32.9 Å². The van der Waals surface area contributed by atoms with E-state index >= 15 is 0 Å². The molecule has 2 heterocycles. The van der Waals surface area contributed by atoms with Crippen molar-refractivity contribution in [2.75, 3.05) is 12.4 Å². The van der Waals surface area contributed by atoms with Crippen LogP contribution in [0.15, 0.2) is 18.3 Å². The first-order valence-corrected chi connectivity index (χ1v) is 7.09. The predicted molar refractivity (Wildman–Crippen MR) is 80.8 cm³/mol. The lowest BCUT2D eigenvalue weighted by atomic mass is 10.2. The molecule has 0 spiro atoms. The highest BCUT2D eigenvalue weighted by atomic mass is 32.1. The van der Waals surface area contributed by atoms with Gasteiger partial charge >= 0.3 is 12.1 Å². The number of nitrogens with zero attached hydrogens (tertiary/aromatic N) is 1. The molecule has 2 aromatic heterocycles. The molecule has 6 nitrogen and oxygen atoms in total. The van der Waals surface area contributed by atoms with Crippen LogP contribution < -0.4 is 5.32 Å². The second-order valence-corrected chi connectivity index (χ2v) is 6.33. The number of carbonyl (C=O) groups is 2. The van der Waals surface area contributed by atoms with E-state index in [2.05, 4.69) is 10.3 Å². The fraction of sp³-hybridized carbons (Fsp3) is 0.357. The van der Waals surface area contributed by atoms with Crippen molar-refractivity contribution < 1.29 is 19.1 Å². The number of rotatable bonds is 2. The minimum absolute atomic E-state index is 0.240. The van der Waals surface area contributed by atoms with Crippen LogP contribution in [0.3, 0.4) is 0 Å². The lowest BCUT2D eigenvalue weighted by Crippen LogP contribution is -2.27. The number of nitrogens with one attached hydrogen (secondary N) is 1. The van der Waals surface area contributed by atoms with Gasteiger partial charge in [-0.1, -0.05) is 0 Å². The van der Waals surface area contributed by atoms with Gasteiger partial charge < -0.3 is 9.47 Å². The molecule has 1 N–H and O–H groups in total. The minimum Gasteiger partial charge on any atom is -0.465 e. The second kappa shape index (κ2) is 5.69. The van der Waals surface area contributed by atoms with Gasteiger partial charge in [0, 0.05) is 6.20 Å². The number of hydrogen-bond acceptors (Lipinski definition) is 6. The number of anilines is 1. The Kier molecular flexibility index (Phi) is 4.13. The van der Waals surface area contributed by atoms with Crippen molar-refractivity contribution >= 4 is 38.6 Å². The third kappa shape index (κ3) is 3.49. The topological polar surface area (TPSA) is 77.5 Å². The van der Waals surface area contributed by atoms with Crippen molar-refractivity contribution in [2.24, 2.45) is 0 Å². The highest BCUT2D eigenvalue weighted by Gasteiger charge is 2.24. The Morgan fingerprint density at radius 3 is 2.67 bits per heavy atom. The van der Waals surface area contributed by atoms with E-state index in [-0.39, 0.29) is 5.56 Å². The molecule has 112 valence electrons. The van der Waals surface area contributed by atoms with Crippen molar-refractivity contribution in [1.82, 2.24) is 4.98 Å². The van der Waals surface area contributed by atoms with E-state index < -0.39 is 17.7 Å². The number of carbonyl (C=O) groups excluding carboxylic acids is 2. The van der Waals surface area contributed by atoms with Crippen LogP contribution in [-0.4, -0.2) is 29.8 Å². The number of esters is 1. The van der Waals surface area contributed by atoms with Crippen LogP contribution in [-0.2, 0) is 9.47 Å². The molecule has 0 radical (unpaired) electrons. The average molecular weight is 308 g/mol. The van der Waals surface area contributed by atoms with Crippen molar-refractivity contribution in [2.45, 2.75) is 26.4 Å². The van der Waals surface area contributed by atoms with E-state index in [0.717, 1.165) is 4.70 Å². The average Bonchev–Trinajstić information content (AvgIpc) is 2.73. The van der Waals surface area contributed by atoms with Crippen LogP contribution in [0.1, 0.15) is 31.1 Å². The smallest absolute Gasteiger partial charge is 0.412 e. The zero-order valence-corrected chi connectivity index (χ0v) is 13.0. The van der Waals surface area contributed by atoms with Crippen LogP contribution >= 0.6 is 11.3 Å². The van der Waals surface area contributed by atoms with Gasteiger partial charge in [0.15, 0.2) is 0 Å². The van der Waals surface area contributed by atoms with Crippen LogP contribution in [0.2, 0.25) is 0 Å². The normalized spacial score (nSPS) is 11.2. The molecular weight excluding hydrogens is 292 g/mol. The number of aromatic nitrogens is 1. The van der Waals surface area contributed by atoms with E-state index in [4.69, 9.17) is 9.47 Å². The molecule has 0 saturated heterocycles. The van der Waals surface area contributed by atoms with Crippen LogP contribution in [0.25, 0.3) is 10.2 Å². The zero-order valence-electron chi connectivity index (χ0n) is 12.2. The minimum atomic E-state index is -0.626. The first-order valence-electron chi connectivity index (χ1n) is 6.27. The Labute approximate surface area is 126 Å². The number of hydrogen-bond donors (Lipinski definition) is 1. The first-order chi connectivity index (χ1) is 9.81. The number of ether oxygens (including phenoxy) is 2. The fourth-order valence-corrected chi connectivity index (χ4v) is 2.74. The molecule has 0 aliphatic rings. The lowest BCUT2D eigenvalue weighted by molar-refractivity contribution is 0.0604. The van der Waals surface area contributed by atoms with Crippen molar-refractivity contribution in [3.05, 3.63) is 23.9 Å². The number of amides is 1. The first kappa shape index (κ1) is 15.2. The molecule has 1 amide bonds. The molecule has 0 bridgehead atoms. The van der Waals surface area contributed by atoms with Gasteiger partial charge in [-0.3, -0.25) is 10.3 Å². The molecular formula is C14H16N2O4S. The van der Waals surface area contributed by atoms with Gasteiger partial charge in [0.1, 0.15) is 16.2 Å². The zero-order chi connectivity index (χ0) is 15.6. The van der Waals surface area contributed by atoms with E-state index in [1.54, 1.807) is 33.0 Å². The largest absolute Gasteiger partial charge is 0.465 e. The summed E-state index contributed by atoms with van der Waals surface area (Å²) in [6.07, 6.45) is 0.956. The van der Waals surface area contributed by atoms with Gasteiger partial charge in [-0.25, -0.2) is 9.59 Å². The number of thiophene rings is 1. The van der Waals surface area contributed by atoms with Crippen LogP contribution in [0.4, 0.5) is 9.80 Å². The molecule has 0 atom stereocenters. The molecule has 0 fully saturated rings. The van der Waals surface area contributed by atoms with Gasteiger partial charge in [0.25, 0.3) is 0 Å². The van der Waals surface area contributed by atoms with E-state index in [0.29, 0.717) is 10.5 Å². The van der Waals surface area contributed by atoms with Crippen LogP contribution in [0, 0.1) is 0 Å². The molecule has 0 aromatic carbocycles. The quantitative estimate of drug-likeness (QED) is 0.860. The molecule has 0 aliphatic heterocycles. The molecule has 0 saturated carbocycles. The van der Waals surface area contributed by atoms with E-state index in [1.807, 2.05) is 6.07 Å². The van der Waals surface area contributed by atoms with E-state index in [1.165, 1.54) is 18.4 Å². The summed E-state index contributed by atoms with van der Waals surface area (Å²) in [5.41, 5.74) is 0.120. The molecule has 2 aromatic rings. The molecule has 21 heavy (non-hydrogen) atoms. The summed E-state index contributed by atoms with van der Waals surface area (Å²) in [7, 11) is 1.28. The Morgan fingerprint density at radius 2 is 2.05 bits per heavy atom. The maximum absolute atomic E-state index is 11.9. The number of fused-ring (bicyclic) bond motifs is 1. The maximum Gasteiger partial charge on any atom is 0.412 e. The maximum atomic E-state index is 11.9. The predicted octanol–water partition coefficient (Wildman–Crippen LogP) is 3.43. The fourth-order valence-electron chi connectivity index (χ4n) is 1.70. The third-order valence-electron chi connectivity index (χ3n) is 2.45. The summed E-state index contributed by atoms with van der Waals surface area (Å²) in [6.45, 7) is 5.29. The van der Waals surface area contributed by atoms with Gasteiger partial charge in [0.05, 0.1) is 17.3 Å². The summed E-state index contributed by atoms with van der Waals surface area (Å²) in [5, 5.41) is 2.95. The highest BCUT2D eigenvalue weighted by molar-refractivity contribution is 7.23. The molecule has 0 aliphatic carbocycles. The Bertz CT molecular complexity index is 688. The molecule has 0 unspecified atom stereocenters. The summed E-state index contributed by atoms with van der Waals surface area (Å²) in [5.74, 6) is -0.550. The van der Waals surface area contributed by atoms with Crippen molar-refractivity contribution in [1.29, 1.82) is 0 Å². The second-order valence-electron chi connectivity index (χ2n) is 5.27. The Morgan fingerprint density at radius 1 is 1.33 bits per heavy atom. The Hall–Kier alpha value is -2.15. The van der Waals surface area contributed by atoms with Crippen LogP contribution in [0.5, 0.6) is 0 Å². The summed E-state index contributed by atoms with van der Waals surface area (Å²) in [6, 6.07) is 3.58. The van der Waals surface area contributed by atoms with E-state index in [9.17, 15) is 9.59 Å². The third-order valence-corrected chi connectivity index (χ3v) is 3.51. The van der Waals surface area contributed by atoms with Crippen molar-refractivity contribution in [3.63, 3.8) is 0 Å². The Balaban J connectivity index is 2.39. The molecule has 2 rings (SSSR count). The highest BCUT2D eigenvalue weighted by Crippen LogP contribution is 2.35. The van der Waals surface area contributed by atoms with Gasteiger partial charge in [-0.2, -0.15) is 0 Å². The number of pyridine rings is 1. The SMILES string of the molecule is COC(=O)c1c(NC(=O)OC(C)(C)C)sc2cccnc12. The summed E-state index contributed by atoms with van der Waals surface area (Å²) in [4.78, 5) is 28.0. The standard InChI is InChI=1S/C14H16N2O4S/c1-14(2,3)20-13(18)16-11-9(12(17)19-4)10-8(21-11)6-5-7-15-10/h5-7H,1-4H3,(H,16,18). The summed E-state index contributed by atoms with van der Waals surface area (Å²) >= 11 is 1.25. The monoisotopic (exact) mass is 308 g/mol. The molecule has 7 heteroatoms. The van der Waals surface area contributed by atoms with Gasteiger partial charge in [0.2, 0.25) is 0 Å².